The van der Waals surface area contributed by atoms with Crippen LogP contribution in [0.2, 0.25) is 0 Å². The number of para-hydroxylation sites is 1. The standard InChI is InChI=1S/C23H26N4O5S2/c1-15-21(33-23(25-15)26-20(28)12-16-8-10-32-11-9-16)17-13-19(22(31-2)24-14-17)34(29,30)27-18-6-4-3-5-7-18/h3-7,13-14,16,27H,8-12H2,1-2H3,(H,25,26,28). The normalized spacial score (nSPS) is 14.5. The van der Waals surface area contributed by atoms with Gasteiger partial charge in [0, 0.05) is 37.1 Å². The first-order valence-electron chi connectivity index (χ1n) is 10.8. The van der Waals surface area contributed by atoms with Gasteiger partial charge in [-0.05, 0) is 43.9 Å². The lowest BCUT2D eigenvalue weighted by Gasteiger charge is -2.20. The predicted octanol–water partition coefficient (Wildman–Crippen LogP) is 4.08. The van der Waals surface area contributed by atoms with Crippen LogP contribution in [0.25, 0.3) is 10.4 Å². The van der Waals surface area contributed by atoms with Crippen LogP contribution in [-0.4, -0.2) is 44.6 Å². The zero-order valence-corrected chi connectivity index (χ0v) is 20.5. The smallest absolute Gasteiger partial charge is 0.267 e. The molecule has 1 aromatic carbocycles. The molecule has 3 heterocycles. The summed E-state index contributed by atoms with van der Waals surface area (Å²) in [6.45, 7) is 3.18. The SMILES string of the molecule is COc1ncc(-c2sc(NC(=O)CC3CCOCC3)nc2C)cc1S(=O)(=O)Nc1ccccc1. The third-order valence-corrected chi connectivity index (χ3v) is 7.95. The number of rotatable bonds is 8. The van der Waals surface area contributed by atoms with E-state index in [0.717, 1.165) is 12.8 Å². The number of nitrogens with zero attached hydrogens (tertiary/aromatic N) is 2. The first-order valence-corrected chi connectivity index (χ1v) is 13.1. The molecule has 0 bridgehead atoms. The monoisotopic (exact) mass is 502 g/mol. The minimum Gasteiger partial charge on any atom is -0.480 e. The number of anilines is 2. The van der Waals surface area contributed by atoms with E-state index in [1.165, 1.54) is 30.7 Å². The van der Waals surface area contributed by atoms with Crippen molar-refractivity contribution in [2.24, 2.45) is 5.92 Å². The Bertz CT molecular complexity index is 1260. The van der Waals surface area contributed by atoms with Crippen LogP contribution in [-0.2, 0) is 19.6 Å². The number of aryl methyl sites for hydroxylation is 1. The summed E-state index contributed by atoms with van der Waals surface area (Å²) in [5.74, 6) is 0.208. The van der Waals surface area contributed by atoms with Crippen LogP contribution in [0.4, 0.5) is 10.8 Å². The molecule has 1 aliphatic rings. The Morgan fingerprint density at radius 2 is 1.97 bits per heavy atom. The second kappa shape index (κ2) is 10.5. The van der Waals surface area contributed by atoms with E-state index >= 15 is 0 Å². The van der Waals surface area contributed by atoms with Gasteiger partial charge in [0.15, 0.2) is 5.13 Å². The number of nitrogens with one attached hydrogen (secondary N) is 2. The molecule has 180 valence electrons. The molecule has 2 aromatic heterocycles. The molecule has 9 nitrogen and oxygen atoms in total. The minimum absolute atomic E-state index is 0.0145. The number of carbonyl (C=O) groups excluding carboxylic acids is 1. The molecule has 0 atom stereocenters. The Labute approximate surface area is 202 Å². The van der Waals surface area contributed by atoms with Crippen LogP contribution in [0.5, 0.6) is 5.88 Å². The molecular formula is C23H26N4O5S2. The Balaban J connectivity index is 1.56. The first kappa shape index (κ1) is 24.1. The summed E-state index contributed by atoms with van der Waals surface area (Å²) in [5.41, 5.74) is 1.66. The number of aromatic nitrogens is 2. The highest BCUT2D eigenvalue weighted by molar-refractivity contribution is 7.92. The van der Waals surface area contributed by atoms with Crippen molar-refractivity contribution in [1.29, 1.82) is 0 Å². The molecule has 1 amide bonds. The summed E-state index contributed by atoms with van der Waals surface area (Å²) in [6.07, 6.45) is 3.71. The zero-order valence-electron chi connectivity index (χ0n) is 18.9. The van der Waals surface area contributed by atoms with Gasteiger partial charge in [-0.25, -0.2) is 18.4 Å². The van der Waals surface area contributed by atoms with Gasteiger partial charge >= 0.3 is 0 Å². The Hall–Kier alpha value is -3.02. The van der Waals surface area contributed by atoms with Gasteiger partial charge in [-0.2, -0.15) is 0 Å². The van der Waals surface area contributed by atoms with Crippen molar-refractivity contribution in [3.63, 3.8) is 0 Å². The topological polar surface area (TPSA) is 120 Å². The van der Waals surface area contributed by atoms with Crippen LogP contribution >= 0.6 is 11.3 Å². The van der Waals surface area contributed by atoms with Gasteiger partial charge in [0.2, 0.25) is 11.8 Å². The van der Waals surface area contributed by atoms with Crippen molar-refractivity contribution < 1.29 is 22.7 Å². The molecule has 11 heteroatoms. The van der Waals surface area contributed by atoms with E-state index < -0.39 is 10.0 Å². The number of methoxy groups -OCH3 is 1. The summed E-state index contributed by atoms with van der Waals surface area (Å²) in [5, 5.41) is 3.34. The molecule has 3 aromatic rings. The summed E-state index contributed by atoms with van der Waals surface area (Å²) < 4.78 is 39.3. The zero-order chi connectivity index (χ0) is 24.1. The Morgan fingerprint density at radius 3 is 2.68 bits per heavy atom. The Kier molecular flexibility index (Phi) is 7.44. The molecule has 1 fully saturated rings. The number of thiazole rings is 1. The maximum atomic E-state index is 13.1. The number of ether oxygens (including phenoxy) is 2. The fourth-order valence-electron chi connectivity index (χ4n) is 3.72. The van der Waals surface area contributed by atoms with Crippen LogP contribution in [0, 0.1) is 12.8 Å². The molecule has 1 aliphatic heterocycles. The average molecular weight is 503 g/mol. The van der Waals surface area contributed by atoms with E-state index in [2.05, 4.69) is 20.0 Å². The lowest BCUT2D eigenvalue weighted by atomic mass is 9.96. The molecule has 0 unspecified atom stereocenters. The Morgan fingerprint density at radius 1 is 1.24 bits per heavy atom. The molecule has 1 saturated heterocycles. The van der Waals surface area contributed by atoms with Gasteiger partial charge in [0.25, 0.3) is 10.0 Å². The highest BCUT2D eigenvalue weighted by atomic mass is 32.2. The molecular weight excluding hydrogens is 476 g/mol. The van der Waals surface area contributed by atoms with Crippen LogP contribution < -0.4 is 14.8 Å². The number of hydrogen-bond acceptors (Lipinski definition) is 8. The highest BCUT2D eigenvalue weighted by Gasteiger charge is 2.24. The number of benzene rings is 1. The molecule has 0 spiro atoms. The fraction of sp³-hybridized carbons (Fsp3) is 0.348. The van der Waals surface area contributed by atoms with Crippen LogP contribution in [0.3, 0.4) is 0 Å². The van der Waals surface area contributed by atoms with E-state index in [1.807, 2.05) is 0 Å². The van der Waals surface area contributed by atoms with E-state index in [1.54, 1.807) is 37.3 Å². The van der Waals surface area contributed by atoms with E-state index in [4.69, 9.17) is 9.47 Å². The number of amides is 1. The molecule has 0 aliphatic carbocycles. The largest absolute Gasteiger partial charge is 0.480 e. The van der Waals surface area contributed by atoms with Crippen molar-refractivity contribution in [3.8, 4) is 16.3 Å². The molecule has 0 saturated carbocycles. The van der Waals surface area contributed by atoms with Gasteiger partial charge in [-0.3, -0.25) is 9.52 Å². The fourth-order valence-corrected chi connectivity index (χ4v) is 5.89. The highest BCUT2D eigenvalue weighted by Crippen LogP contribution is 2.36. The van der Waals surface area contributed by atoms with Crippen molar-refractivity contribution in [2.45, 2.75) is 31.1 Å². The van der Waals surface area contributed by atoms with Crippen molar-refractivity contribution in [2.75, 3.05) is 30.4 Å². The van der Waals surface area contributed by atoms with E-state index in [-0.39, 0.29) is 16.7 Å². The summed E-state index contributed by atoms with van der Waals surface area (Å²) in [4.78, 5) is 21.8. The maximum absolute atomic E-state index is 13.1. The van der Waals surface area contributed by atoms with Gasteiger partial charge < -0.3 is 14.8 Å². The predicted molar refractivity (Wildman–Crippen MR) is 131 cm³/mol. The third-order valence-electron chi connectivity index (χ3n) is 5.45. The van der Waals surface area contributed by atoms with Crippen LogP contribution in [0.15, 0.2) is 47.5 Å². The summed E-state index contributed by atoms with van der Waals surface area (Å²) in [7, 11) is -2.59. The molecule has 0 radical (unpaired) electrons. The quantitative estimate of drug-likeness (QED) is 0.476. The van der Waals surface area contributed by atoms with Gasteiger partial charge in [0.1, 0.15) is 4.90 Å². The molecule has 4 rings (SSSR count). The van der Waals surface area contributed by atoms with E-state index in [0.29, 0.717) is 52.5 Å². The number of pyridine rings is 1. The number of sulfonamides is 1. The second-order valence-electron chi connectivity index (χ2n) is 7.94. The van der Waals surface area contributed by atoms with Crippen LogP contribution in [0.1, 0.15) is 25.0 Å². The van der Waals surface area contributed by atoms with Crippen molar-refractivity contribution >= 4 is 38.1 Å². The second-order valence-corrected chi connectivity index (χ2v) is 10.6. The van der Waals surface area contributed by atoms with Gasteiger partial charge in [-0.15, -0.1) is 0 Å². The maximum Gasteiger partial charge on any atom is 0.267 e. The van der Waals surface area contributed by atoms with Gasteiger partial charge in [-0.1, -0.05) is 29.5 Å². The lowest BCUT2D eigenvalue weighted by molar-refractivity contribution is -0.117. The first-order chi connectivity index (χ1) is 16.4. The summed E-state index contributed by atoms with van der Waals surface area (Å²) in [6, 6.07) is 10.1. The summed E-state index contributed by atoms with van der Waals surface area (Å²) >= 11 is 1.28. The third kappa shape index (κ3) is 5.72. The molecule has 2 N–H and O–H groups in total. The van der Waals surface area contributed by atoms with Gasteiger partial charge in [0.05, 0.1) is 17.7 Å². The van der Waals surface area contributed by atoms with E-state index in [9.17, 15) is 13.2 Å². The number of hydrogen-bond donors (Lipinski definition) is 2. The van der Waals surface area contributed by atoms with Crippen molar-refractivity contribution in [3.05, 3.63) is 48.3 Å². The molecule has 34 heavy (non-hydrogen) atoms. The average Bonchev–Trinajstić information content (AvgIpc) is 3.19. The number of carbonyl (C=O) groups is 1. The minimum atomic E-state index is -3.96. The van der Waals surface area contributed by atoms with Crippen molar-refractivity contribution in [1.82, 2.24) is 9.97 Å². The lowest BCUT2D eigenvalue weighted by Crippen LogP contribution is -2.22.